The number of aromatic nitrogens is 3. The van der Waals surface area contributed by atoms with Gasteiger partial charge in [-0.3, -0.25) is 14.9 Å². The largest absolute Gasteiger partial charge is 0.322 e. The number of nitro benzene ring substituents is 1. The van der Waals surface area contributed by atoms with Gasteiger partial charge in [0.2, 0.25) is 0 Å². The zero-order valence-electron chi connectivity index (χ0n) is 15.8. The molecule has 8 nitrogen and oxygen atoms in total. The quantitative estimate of drug-likeness (QED) is 0.418. The normalized spacial score (nSPS) is 10.8. The summed E-state index contributed by atoms with van der Waals surface area (Å²) in [4.78, 5) is 27.8. The SMILES string of the molecule is Cc1cccc(NC(=O)c2cnn3c(-c4cccc([N+](=O)[O-])c4)ccnc23)c1C. The molecule has 0 saturated heterocycles. The van der Waals surface area contributed by atoms with Crippen molar-refractivity contribution in [2.75, 3.05) is 5.32 Å². The van der Waals surface area contributed by atoms with Crippen LogP contribution in [-0.2, 0) is 0 Å². The standard InChI is InChI=1S/C21H17N5O3/c1-13-5-3-8-18(14(13)2)24-21(27)17-12-23-25-19(9-10-22-20(17)25)15-6-4-7-16(11-15)26(28)29/h3-12H,1-2H3,(H,24,27). The average molecular weight is 387 g/mol. The van der Waals surface area contributed by atoms with E-state index in [0.29, 0.717) is 22.5 Å². The maximum atomic E-state index is 12.9. The van der Waals surface area contributed by atoms with Gasteiger partial charge in [0.25, 0.3) is 11.6 Å². The van der Waals surface area contributed by atoms with E-state index in [9.17, 15) is 14.9 Å². The molecule has 0 aliphatic carbocycles. The fourth-order valence-electron chi connectivity index (χ4n) is 3.13. The Hall–Kier alpha value is -4.07. The summed E-state index contributed by atoms with van der Waals surface area (Å²) in [6.07, 6.45) is 3.00. The lowest BCUT2D eigenvalue weighted by Gasteiger charge is -2.10. The monoisotopic (exact) mass is 387 g/mol. The van der Waals surface area contributed by atoms with Crippen LogP contribution in [0.2, 0.25) is 0 Å². The Morgan fingerprint density at radius 1 is 1.14 bits per heavy atom. The summed E-state index contributed by atoms with van der Waals surface area (Å²) < 4.78 is 1.51. The molecule has 0 fully saturated rings. The number of anilines is 1. The Balaban J connectivity index is 1.74. The van der Waals surface area contributed by atoms with Crippen molar-refractivity contribution >= 4 is 22.9 Å². The Bertz CT molecular complexity index is 1260. The minimum atomic E-state index is -0.450. The molecule has 29 heavy (non-hydrogen) atoms. The van der Waals surface area contributed by atoms with Gasteiger partial charge in [-0.05, 0) is 37.1 Å². The van der Waals surface area contributed by atoms with Crippen molar-refractivity contribution in [1.29, 1.82) is 0 Å². The van der Waals surface area contributed by atoms with E-state index in [1.54, 1.807) is 24.4 Å². The number of amides is 1. The van der Waals surface area contributed by atoms with Gasteiger partial charge in [-0.15, -0.1) is 0 Å². The van der Waals surface area contributed by atoms with Crippen molar-refractivity contribution in [2.45, 2.75) is 13.8 Å². The maximum absolute atomic E-state index is 12.9. The first kappa shape index (κ1) is 18.3. The van der Waals surface area contributed by atoms with Gasteiger partial charge in [-0.2, -0.15) is 5.10 Å². The molecule has 0 atom stereocenters. The molecular formula is C21H17N5O3. The molecule has 0 aliphatic rings. The van der Waals surface area contributed by atoms with Gasteiger partial charge in [0.15, 0.2) is 5.65 Å². The number of aryl methyl sites for hydroxylation is 1. The first-order valence-corrected chi connectivity index (χ1v) is 8.91. The van der Waals surface area contributed by atoms with E-state index in [2.05, 4.69) is 15.4 Å². The predicted octanol–water partition coefficient (Wildman–Crippen LogP) is 4.17. The van der Waals surface area contributed by atoms with Crippen molar-refractivity contribution in [3.8, 4) is 11.3 Å². The molecular weight excluding hydrogens is 370 g/mol. The van der Waals surface area contributed by atoms with Crippen LogP contribution in [-0.4, -0.2) is 25.4 Å². The minimum absolute atomic E-state index is 0.0208. The molecule has 4 rings (SSSR count). The highest BCUT2D eigenvalue weighted by Crippen LogP contribution is 2.25. The van der Waals surface area contributed by atoms with E-state index in [-0.39, 0.29) is 11.6 Å². The second-order valence-electron chi connectivity index (χ2n) is 6.63. The molecule has 1 N–H and O–H groups in total. The van der Waals surface area contributed by atoms with Crippen LogP contribution in [0, 0.1) is 24.0 Å². The Morgan fingerprint density at radius 2 is 1.93 bits per heavy atom. The highest BCUT2D eigenvalue weighted by Gasteiger charge is 2.18. The maximum Gasteiger partial charge on any atom is 0.270 e. The van der Waals surface area contributed by atoms with Crippen LogP contribution in [0.25, 0.3) is 16.9 Å². The van der Waals surface area contributed by atoms with Gasteiger partial charge in [-0.1, -0.05) is 24.3 Å². The summed E-state index contributed by atoms with van der Waals surface area (Å²) in [5.74, 6) is -0.322. The number of hydrogen-bond donors (Lipinski definition) is 1. The van der Waals surface area contributed by atoms with Crippen LogP contribution >= 0.6 is 0 Å². The third-order valence-corrected chi connectivity index (χ3v) is 4.85. The summed E-state index contributed by atoms with van der Waals surface area (Å²) in [6, 6.07) is 13.6. The van der Waals surface area contributed by atoms with Gasteiger partial charge in [0, 0.05) is 29.6 Å². The zero-order valence-corrected chi connectivity index (χ0v) is 15.8. The molecule has 1 amide bonds. The van der Waals surface area contributed by atoms with Crippen molar-refractivity contribution in [3.63, 3.8) is 0 Å². The predicted molar refractivity (Wildman–Crippen MR) is 109 cm³/mol. The first-order chi connectivity index (χ1) is 14.0. The molecule has 0 unspecified atom stereocenters. The number of benzene rings is 2. The van der Waals surface area contributed by atoms with E-state index in [4.69, 9.17) is 0 Å². The van der Waals surface area contributed by atoms with E-state index in [1.807, 2.05) is 32.0 Å². The number of rotatable bonds is 4. The number of carbonyl (C=O) groups is 1. The van der Waals surface area contributed by atoms with E-state index in [1.165, 1.54) is 22.8 Å². The summed E-state index contributed by atoms with van der Waals surface area (Å²) in [5.41, 5.74) is 4.67. The number of fused-ring (bicyclic) bond motifs is 1. The number of non-ortho nitro benzene ring substituents is 1. The van der Waals surface area contributed by atoms with Crippen LogP contribution in [0.5, 0.6) is 0 Å². The van der Waals surface area contributed by atoms with Crippen LogP contribution in [0.4, 0.5) is 11.4 Å². The van der Waals surface area contributed by atoms with Gasteiger partial charge in [0.05, 0.1) is 16.8 Å². The molecule has 0 bridgehead atoms. The van der Waals surface area contributed by atoms with E-state index in [0.717, 1.165) is 16.8 Å². The smallest absolute Gasteiger partial charge is 0.270 e. The number of nitrogens with one attached hydrogen (secondary N) is 1. The number of carbonyl (C=O) groups excluding carboxylic acids is 1. The second-order valence-corrected chi connectivity index (χ2v) is 6.63. The summed E-state index contributed by atoms with van der Waals surface area (Å²) >= 11 is 0. The first-order valence-electron chi connectivity index (χ1n) is 8.91. The van der Waals surface area contributed by atoms with Gasteiger partial charge in [0.1, 0.15) is 5.56 Å². The molecule has 2 aromatic carbocycles. The Labute approximate surface area is 166 Å². The molecule has 0 aliphatic heterocycles. The topological polar surface area (TPSA) is 102 Å². The van der Waals surface area contributed by atoms with Gasteiger partial charge >= 0.3 is 0 Å². The average Bonchev–Trinajstić information content (AvgIpc) is 3.16. The van der Waals surface area contributed by atoms with Crippen molar-refractivity contribution in [2.24, 2.45) is 0 Å². The fraction of sp³-hybridized carbons (Fsp3) is 0.0952. The second kappa shape index (κ2) is 7.16. The number of nitro groups is 1. The molecule has 0 radical (unpaired) electrons. The lowest BCUT2D eigenvalue weighted by atomic mass is 10.1. The summed E-state index contributed by atoms with van der Waals surface area (Å²) in [5, 5.41) is 18.3. The highest BCUT2D eigenvalue weighted by molar-refractivity contribution is 6.08. The van der Waals surface area contributed by atoms with Crippen LogP contribution in [0.1, 0.15) is 21.5 Å². The molecule has 2 heterocycles. The molecule has 2 aromatic heterocycles. The zero-order chi connectivity index (χ0) is 20.5. The van der Waals surface area contributed by atoms with Crippen molar-refractivity contribution in [1.82, 2.24) is 14.6 Å². The molecule has 8 heteroatoms. The van der Waals surface area contributed by atoms with Gasteiger partial charge in [-0.25, -0.2) is 9.50 Å². The third kappa shape index (κ3) is 3.31. The molecule has 144 valence electrons. The van der Waals surface area contributed by atoms with Crippen molar-refractivity contribution in [3.05, 3.63) is 87.7 Å². The van der Waals surface area contributed by atoms with Crippen LogP contribution in [0.15, 0.2) is 60.9 Å². The lowest BCUT2D eigenvalue weighted by molar-refractivity contribution is -0.384. The number of nitrogens with zero attached hydrogens (tertiary/aromatic N) is 4. The third-order valence-electron chi connectivity index (χ3n) is 4.85. The Kier molecular flexibility index (Phi) is 4.52. The van der Waals surface area contributed by atoms with Crippen LogP contribution in [0.3, 0.4) is 0 Å². The minimum Gasteiger partial charge on any atom is -0.322 e. The van der Waals surface area contributed by atoms with Crippen molar-refractivity contribution < 1.29 is 9.72 Å². The summed E-state index contributed by atoms with van der Waals surface area (Å²) in [6.45, 7) is 3.92. The summed E-state index contributed by atoms with van der Waals surface area (Å²) in [7, 11) is 0. The number of hydrogen-bond acceptors (Lipinski definition) is 5. The lowest BCUT2D eigenvalue weighted by Crippen LogP contribution is -2.13. The van der Waals surface area contributed by atoms with Crippen LogP contribution < -0.4 is 5.32 Å². The molecule has 4 aromatic rings. The molecule has 0 saturated carbocycles. The highest BCUT2D eigenvalue weighted by atomic mass is 16.6. The molecule has 0 spiro atoms. The van der Waals surface area contributed by atoms with E-state index >= 15 is 0 Å². The van der Waals surface area contributed by atoms with Gasteiger partial charge < -0.3 is 5.32 Å². The van der Waals surface area contributed by atoms with E-state index < -0.39 is 4.92 Å². The fourth-order valence-corrected chi connectivity index (χ4v) is 3.13. The Morgan fingerprint density at radius 3 is 2.72 bits per heavy atom.